The van der Waals surface area contributed by atoms with Gasteiger partial charge in [-0.3, -0.25) is 0 Å². The minimum atomic E-state index is -0.915. The van der Waals surface area contributed by atoms with E-state index in [0.29, 0.717) is 23.9 Å². The van der Waals surface area contributed by atoms with E-state index in [1.165, 1.54) is 5.56 Å². The zero-order valence-electron chi connectivity index (χ0n) is 18.1. The Hall–Kier alpha value is -2.75. The van der Waals surface area contributed by atoms with Gasteiger partial charge in [0, 0.05) is 23.5 Å². The summed E-state index contributed by atoms with van der Waals surface area (Å²) in [4.78, 5) is 9.03. The molecular formula is C26H31FN2O. The minimum Gasteiger partial charge on any atom is -0.491 e. The van der Waals surface area contributed by atoms with Gasteiger partial charge in [-0.05, 0) is 47.7 Å². The molecule has 3 aromatic rings. The molecule has 0 spiro atoms. The molecule has 2 aromatic carbocycles. The number of unbranched alkanes of at least 4 members (excludes halogenated alkanes) is 2. The summed E-state index contributed by atoms with van der Waals surface area (Å²) in [5.41, 5.74) is 4.32. The van der Waals surface area contributed by atoms with Gasteiger partial charge in [0.05, 0.1) is 0 Å². The van der Waals surface area contributed by atoms with E-state index in [-0.39, 0.29) is 6.61 Å². The molecule has 0 aliphatic heterocycles. The Balaban J connectivity index is 1.58. The quantitative estimate of drug-likeness (QED) is 0.333. The van der Waals surface area contributed by atoms with Gasteiger partial charge in [0.25, 0.3) is 0 Å². The molecule has 0 bridgehead atoms. The fraction of sp³-hybridized carbons (Fsp3) is 0.385. The molecule has 0 fully saturated rings. The number of hydrogen-bond donors (Lipinski definition) is 0. The summed E-state index contributed by atoms with van der Waals surface area (Å²) in [5, 5.41) is 0. The second kappa shape index (κ2) is 10.9. The maximum Gasteiger partial charge on any atom is 0.159 e. The Bertz CT molecular complexity index is 890. The average molecular weight is 407 g/mol. The van der Waals surface area contributed by atoms with Crippen LogP contribution in [0.1, 0.15) is 57.9 Å². The fourth-order valence-corrected chi connectivity index (χ4v) is 3.27. The Labute approximate surface area is 179 Å². The first kappa shape index (κ1) is 21.9. The fourth-order valence-electron chi connectivity index (χ4n) is 3.27. The van der Waals surface area contributed by atoms with Crippen molar-refractivity contribution in [2.45, 2.75) is 58.5 Å². The lowest BCUT2D eigenvalue weighted by atomic mass is 10.00. The number of nitrogens with zero attached hydrogens (tertiary/aromatic N) is 2. The van der Waals surface area contributed by atoms with Gasteiger partial charge in [-0.15, -0.1) is 0 Å². The molecule has 0 saturated carbocycles. The van der Waals surface area contributed by atoms with Crippen LogP contribution in [0.3, 0.4) is 0 Å². The molecule has 158 valence electrons. The number of alkyl halides is 1. The lowest BCUT2D eigenvalue weighted by Crippen LogP contribution is -2.12. The standard InChI is InChI=1S/C26H31FN2O/c1-4-5-6-7-24(27)18-30-25-14-12-22(13-15-25)26-28-16-23(17-29-26)21-10-8-20(9-11-21)19(2)3/h8-17,19,24H,4-7,18H2,1-3H3/t24-/m0/s1. The zero-order chi connectivity index (χ0) is 21.3. The largest absolute Gasteiger partial charge is 0.491 e. The number of ether oxygens (including phenoxy) is 1. The molecule has 0 unspecified atom stereocenters. The molecule has 4 heteroatoms. The van der Waals surface area contributed by atoms with E-state index in [1.54, 1.807) is 0 Å². The lowest BCUT2D eigenvalue weighted by molar-refractivity contribution is 0.184. The van der Waals surface area contributed by atoms with Crippen LogP contribution in [-0.2, 0) is 0 Å². The summed E-state index contributed by atoms with van der Waals surface area (Å²) in [6, 6.07) is 16.0. The van der Waals surface area contributed by atoms with Crippen LogP contribution < -0.4 is 4.74 Å². The zero-order valence-corrected chi connectivity index (χ0v) is 18.1. The third-order valence-electron chi connectivity index (χ3n) is 5.23. The van der Waals surface area contributed by atoms with Crippen molar-refractivity contribution in [2.75, 3.05) is 6.61 Å². The van der Waals surface area contributed by atoms with Crippen molar-refractivity contribution in [2.24, 2.45) is 0 Å². The molecule has 0 aliphatic carbocycles. The topological polar surface area (TPSA) is 35.0 Å². The van der Waals surface area contributed by atoms with Crippen molar-refractivity contribution < 1.29 is 9.13 Å². The average Bonchev–Trinajstić information content (AvgIpc) is 2.78. The Morgan fingerprint density at radius 2 is 1.47 bits per heavy atom. The third kappa shape index (κ3) is 6.12. The van der Waals surface area contributed by atoms with Crippen molar-refractivity contribution in [3.05, 3.63) is 66.5 Å². The molecular weight excluding hydrogens is 375 g/mol. The first-order chi connectivity index (χ1) is 14.6. The van der Waals surface area contributed by atoms with Crippen LogP contribution in [0.15, 0.2) is 60.9 Å². The van der Waals surface area contributed by atoms with E-state index >= 15 is 0 Å². The monoisotopic (exact) mass is 406 g/mol. The Kier molecular flexibility index (Phi) is 7.95. The number of hydrogen-bond acceptors (Lipinski definition) is 3. The normalized spacial score (nSPS) is 12.2. The Morgan fingerprint density at radius 3 is 2.07 bits per heavy atom. The first-order valence-electron chi connectivity index (χ1n) is 10.9. The highest BCUT2D eigenvalue weighted by atomic mass is 19.1. The number of rotatable bonds is 10. The highest BCUT2D eigenvalue weighted by Gasteiger charge is 2.08. The molecule has 1 atom stereocenters. The third-order valence-corrected chi connectivity index (χ3v) is 5.23. The summed E-state index contributed by atoms with van der Waals surface area (Å²) >= 11 is 0. The van der Waals surface area contributed by atoms with E-state index in [0.717, 1.165) is 36.0 Å². The summed E-state index contributed by atoms with van der Waals surface area (Å²) < 4.78 is 19.4. The van der Waals surface area contributed by atoms with Gasteiger partial charge >= 0.3 is 0 Å². The van der Waals surface area contributed by atoms with E-state index in [2.05, 4.69) is 55.0 Å². The van der Waals surface area contributed by atoms with Crippen molar-refractivity contribution in [3.8, 4) is 28.3 Å². The summed E-state index contributed by atoms with van der Waals surface area (Å²) in [6.45, 7) is 6.59. The van der Waals surface area contributed by atoms with Gasteiger partial charge < -0.3 is 4.74 Å². The molecule has 0 N–H and O–H groups in total. The SMILES string of the molecule is CCCCC[C@H](F)COc1ccc(-c2ncc(-c3ccc(C(C)C)cc3)cn2)cc1. The van der Waals surface area contributed by atoms with Crippen molar-refractivity contribution in [1.82, 2.24) is 9.97 Å². The van der Waals surface area contributed by atoms with Crippen molar-refractivity contribution >= 4 is 0 Å². The number of halogens is 1. The summed E-state index contributed by atoms with van der Waals surface area (Å²) in [6.07, 6.45) is 6.42. The second-order valence-electron chi connectivity index (χ2n) is 8.00. The maximum atomic E-state index is 13.9. The van der Waals surface area contributed by atoms with Gasteiger partial charge in [0.2, 0.25) is 0 Å². The highest BCUT2D eigenvalue weighted by Crippen LogP contribution is 2.24. The van der Waals surface area contributed by atoms with Crippen LogP contribution in [0.25, 0.3) is 22.5 Å². The number of benzene rings is 2. The molecule has 30 heavy (non-hydrogen) atoms. The van der Waals surface area contributed by atoms with E-state index < -0.39 is 6.17 Å². The highest BCUT2D eigenvalue weighted by molar-refractivity contribution is 5.64. The predicted octanol–water partition coefficient (Wildman–Crippen LogP) is 7.23. The van der Waals surface area contributed by atoms with Crippen LogP contribution in [0.2, 0.25) is 0 Å². The van der Waals surface area contributed by atoms with Gasteiger partial charge in [0.1, 0.15) is 18.5 Å². The van der Waals surface area contributed by atoms with E-state index in [1.807, 2.05) is 36.7 Å². The van der Waals surface area contributed by atoms with E-state index in [4.69, 9.17) is 4.74 Å². The number of aromatic nitrogens is 2. The van der Waals surface area contributed by atoms with Crippen molar-refractivity contribution in [3.63, 3.8) is 0 Å². The smallest absolute Gasteiger partial charge is 0.159 e. The maximum absolute atomic E-state index is 13.9. The van der Waals surface area contributed by atoms with Crippen LogP contribution >= 0.6 is 0 Å². The molecule has 1 aromatic heterocycles. The molecule has 0 radical (unpaired) electrons. The Morgan fingerprint density at radius 1 is 0.833 bits per heavy atom. The second-order valence-corrected chi connectivity index (χ2v) is 8.00. The lowest BCUT2D eigenvalue weighted by Gasteiger charge is -2.11. The van der Waals surface area contributed by atoms with Gasteiger partial charge in [-0.2, -0.15) is 0 Å². The summed E-state index contributed by atoms with van der Waals surface area (Å²) in [7, 11) is 0. The molecule has 0 amide bonds. The van der Waals surface area contributed by atoms with Gasteiger partial charge in [-0.1, -0.05) is 64.3 Å². The first-order valence-corrected chi connectivity index (χ1v) is 10.9. The van der Waals surface area contributed by atoms with Crippen molar-refractivity contribution in [1.29, 1.82) is 0 Å². The summed E-state index contributed by atoms with van der Waals surface area (Å²) in [5.74, 6) is 1.84. The van der Waals surface area contributed by atoms with Crippen LogP contribution in [0, 0.1) is 0 Å². The van der Waals surface area contributed by atoms with Crippen LogP contribution in [-0.4, -0.2) is 22.7 Å². The molecule has 0 aliphatic rings. The minimum absolute atomic E-state index is 0.101. The molecule has 0 saturated heterocycles. The van der Waals surface area contributed by atoms with Crippen LogP contribution in [0.5, 0.6) is 5.75 Å². The predicted molar refractivity (Wildman–Crippen MR) is 122 cm³/mol. The molecule has 3 rings (SSSR count). The molecule has 1 heterocycles. The molecule has 3 nitrogen and oxygen atoms in total. The van der Waals surface area contributed by atoms with Gasteiger partial charge in [0.15, 0.2) is 5.82 Å². The van der Waals surface area contributed by atoms with E-state index in [9.17, 15) is 4.39 Å². The van der Waals surface area contributed by atoms with Gasteiger partial charge in [-0.25, -0.2) is 14.4 Å². The van der Waals surface area contributed by atoms with Crippen LogP contribution in [0.4, 0.5) is 4.39 Å².